The van der Waals surface area contributed by atoms with Gasteiger partial charge in [-0.25, -0.2) is 0 Å². The van der Waals surface area contributed by atoms with Crippen molar-refractivity contribution in [3.63, 3.8) is 0 Å². The van der Waals surface area contributed by atoms with Gasteiger partial charge in [-0.15, -0.1) is 11.3 Å². The van der Waals surface area contributed by atoms with Crippen molar-refractivity contribution in [3.05, 3.63) is 57.3 Å². The highest BCUT2D eigenvalue weighted by molar-refractivity contribution is 7.11. The molecule has 0 saturated carbocycles. The summed E-state index contributed by atoms with van der Waals surface area (Å²) in [6.45, 7) is 2.05. The fourth-order valence-electron chi connectivity index (χ4n) is 2.13. The molecule has 0 saturated heterocycles. The Morgan fingerprint density at radius 1 is 1.10 bits per heavy atom. The van der Waals surface area contributed by atoms with Crippen molar-refractivity contribution in [2.75, 3.05) is 0 Å². The molecule has 20 heavy (non-hydrogen) atoms. The zero-order valence-electron chi connectivity index (χ0n) is 11.1. The monoisotopic (exact) mass is 299 g/mol. The molecule has 0 aliphatic rings. The summed E-state index contributed by atoms with van der Waals surface area (Å²) < 4.78 is 38.9. The van der Waals surface area contributed by atoms with E-state index >= 15 is 0 Å². The van der Waals surface area contributed by atoms with Crippen LogP contribution in [0.3, 0.4) is 0 Å². The van der Waals surface area contributed by atoms with E-state index in [2.05, 4.69) is 6.92 Å². The Labute approximate surface area is 120 Å². The molecule has 1 nitrogen and oxygen atoms in total. The summed E-state index contributed by atoms with van der Waals surface area (Å²) in [7, 11) is 0. The second-order valence-electron chi connectivity index (χ2n) is 4.62. The van der Waals surface area contributed by atoms with Gasteiger partial charge < -0.3 is 5.73 Å². The molecule has 1 aromatic heterocycles. The fourth-order valence-corrected chi connectivity index (χ4v) is 3.14. The van der Waals surface area contributed by atoms with Gasteiger partial charge >= 0.3 is 6.18 Å². The molecule has 0 aliphatic heterocycles. The molecule has 2 N–H and O–H groups in total. The largest absolute Gasteiger partial charge is 0.416 e. The molecule has 1 unspecified atom stereocenters. The zero-order valence-corrected chi connectivity index (χ0v) is 11.9. The molecule has 0 amide bonds. The maximum atomic E-state index is 13.0. The average molecular weight is 299 g/mol. The molecule has 0 aliphatic carbocycles. The summed E-state index contributed by atoms with van der Waals surface area (Å²) in [5.41, 5.74) is 5.50. The van der Waals surface area contributed by atoms with Gasteiger partial charge in [0.15, 0.2) is 0 Å². The van der Waals surface area contributed by atoms with E-state index < -0.39 is 17.8 Å². The fraction of sp³-hybridized carbons (Fsp3) is 0.333. The third kappa shape index (κ3) is 3.41. The lowest BCUT2D eigenvalue weighted by Gasteiger charge is -2.17. The number of halogens is 3. The molecule has 2 rings (SSSR count). The average Bonchev–Trinajstić information content (AvgIpc) is 2.85. The van der Waals surface area contributed by atoms with Crippen LogP contribution in [-0.2, 0) is 19.0 Å². The Balaban J connectivity index is 2.23. The van der Waals surface area contributed by atoms with Crippen LogP contribution in [0.25, 0.3) is 0 Å². The maximum Gasteiger partial charge on any atom is 0.416 e. The summed E-state index contributed by atoms with van der Waals surface area (Å²) in [5, 5.41) is 0. The number of rotatable bonds is 4. The van der Waals surface area contributed by atoms with E-state index in [1.54, 1.807) is 17.4 Å². The number of aryl methyl sites for hydroxylation is 1. The molecule has 108 valence electrons. The van der Waals surface area contributed by atoms with Gasteiger partial charge in [-0.2, -0.15) is 13.2 Å². The standard InChI is InChI=1S/C15H16F3NS/c1-2-10-7-8-11(20-10)9-14(19)12-5-3-4-6-13(12)15(16,17)18/h3-8,14H,2,9,19H2,1H3. The van der Waals surface area contributed by atoms with Crippen LogP contribution in [0.4, 0.5) is 13.2 Å². The normalized spacial score (nSPS) is 13.4. The van der Waals surface area contributed by atoms with Gasteiger partial charge in [-0.3, -0.25) is 0 Å². The van der Waals surface area contributed by atoms with E-state index in [4.69, 9.17) is 5.73 Å². The first-order chi connectivity index (χ1) is 9.41. The van der Waals surface area contributed by atoms with Crippen LogP contribution in [0.5, 0.6) is 0 Å². The lowest BCUT2D eigenvalue weighted by Crippen LogP contribution is -2.18. The summed E-state index contributed by atoms with van der Waals surface area (Å²) in [6.07, 6.45) is -3.00. The minimum atomic E-state index is -4.36. The van der Waals surface area contributed by atoms with E-state index in [1.807, 2.05) is 12.1 Å². The Hall–Kier alpha value is -1.33. The quantitative estimate of drug-likeness (QED) is 0.879. The van der Waals surface area contributed by atoms with E-state index in [0.717, 1.165) is 17.4 Å². The van der Waals surface area contributed by atoms with Crippen molar-refractivity contribution in [2.24, 2.45) is 5.73 Å². The number of alkyl halides is 3. The highest BCUT2D eigenvalue weighted by atomic mass is 32.1. The van der Waals surface area contributed by atoms with Gasteiger partial charge in [0.25, 0.3) is 0 Å². The van der Waals surface area contributed by atoms with Crippen LogP contribution in [0.15, 0.2) is 36.4 Å². The Kier molecular flexibility index (Phi) is 4.50. The van der Waals surface area contributed by atoms with Crippen LogP contribution in [0.2, 0.25) is 0 Å². The lowest BCUT2D eigenvalue weighted by molar-refractivity contribution is -0.138. The van der Waals surface area contributed by atoms with E-state index in [-0.39, 0.29) is 5.56 Å². The van der Waals surface area contributed by atoms with Gasteiger partial charge in [0.05, 0.1) is 5.56 Å². The minimum Gasteiger partial charge on any atom is -0.324 e. The zero-order chi connectivity index (χ0) is 14.8. The summed E-state index contributed by atoms with van der Waals surface area (Å²) in [6, 6.07) is 8.83. The van der Waals surface area contributed by atoms with Crippen molar-refractivity contribution < 1.29 is 13.2 Å². The van der Waals surface area contributed by atoms with E-state index in [9.17, 15) is 13.2 Å². The number of benzene rings is 1. The van der Waals surface area contributed by atoms with Gasteiger partial charge in [-0.1, -0.05) is 25.1 Å². The highest BCUT2D eigenvalue weighted by Gasteiger charge is 2.34. The smallest absolute Gasteiger partial charge is 0.324 e. The second kappa shape index (κ2) is 5.97. The van der Waals surface area contributed by atoms with Crippen molar-refractivity contribution in [3.8, 4) is 0 Å². The number of nitrogens with two attached hydrogens (primary N) is 1. The predicted molar refractivity (Wildman–Crippen MR) is 75.8 cm³/mol. The van der Waals surface area contributed by atoms with Crippen molar-refractivity contribution in [1.82, 2.24) is 0 Å². The molecule has 5 heteroatoms. The molecule has 0 fully saturated rings. The Morgan fingerprint density at radius 3 is 2.35 bits per heavy atom. The van der Waals surface area contributed by atoms with E-state index in [1.165, 1.54) is 17.0 Å². The first-order valence-electron chi connectivity index (χ1n) is 6.41. The van der Waals surface area contributed by atoms with Crippen LogP contribution in [0, 0.1) is 0 Å². The van der Waals surface area contributed by atoms with Crippen molar-refractivity contribution >= 4 is 11.3 Å². The molecule has 0 spiro atoms. The van der Waals surface area contributed by atoms with Crippen LogP contribution < -0.4 is 5.73 Å². The summed E-state index contributed by atoms with van der Waals surface area (Å²) in [5.74, 6) is 0. The molecule has 0 radical (unpaired) electrons. The maximum absolute atomic E-state index is 13.0. The van der Waals surface area contributed by atoms with Gasteiger partial charge in [-0.05, 0) is 30.2 Å². The number of hydrogen-bond donors (Lipinski definition) is 1. The first-order valence-corrected chi connectivity index (χ1v) is 7.22. The van der Waals surface area contributed by atoms with E-state index in [0.29, 0.717) is 6.42 Å². The minimum absolute atomic E-state index is 0.159. The van der Waals surface area contributed by atoms with Gasteiger partial charge in [0.1, 0.15) is 0 Å². The number of hydrogen-bond acceptors (Lipinski definition) is 2. The summed E-state index contributed by atoms with van der Waals surface area (Å²) >= 11 is 1.61. The highest BCUT2D eigenvalue weighted by Crippen LogP contribution is 2.35. The predicted octanol–water partition coefficient (Wildman–Crippen LogP) is 4.57. The molecule has 2 aromatic rings. The van der Waals surface area contributed by atoms with Gasteiger partial charge in [0, 0.05) is 22.2 Å². The third-order valence-corrected chi connectivity index (χ3v) is 4.40. The van der Waals surface area contributed by atoms with Crippen LogP contribution in [-0.4, -0.2) is 0 Å². The second-order valence-corrected chi connectivity index (χ2v) is 5.87. The van der Waals surface area contributed by atoms with Crippen LogP contribution in [0.1, 0.15) is 33.8 Å². The van der Waals surface area contributed by atoms with Gasteiger partial charge in [0.2, 0.25) is 0 Å². The molecule has 1 atom stereocenters. The molecule has 0 bridgehead atoms. The van der Waals surface area contributed by atoms with Crippen molar-refractivity contribution in [2.45, 2.75) is 32.0 Å². The van der Waals surface area contributed by atoms with Crippen LogP contribution >= 0.6 is 11.3 Å². The molecule has 1 heterocycles. The number of thiophene rings is 1. The topological polar surface area (TPSA) is 26.0 Å². The SMILES string of the molecule is CCc1ccc(CC(N)c2ccccc2C(F)(F)F)s1. The lowest BCUT2D eigenvalue weighted by atomic mass is 9.98. The third-order valence-electron chi connectivity index (χ3n) is 3.15. The molecule has 1 aromatic carbocycles. The Bertz CT molecular complexity index is 574. The first kappa shape index (κ1) is 15.1. The summed E-state index contributed by atoms with van der Waals surface area (Å²) in [4.78, 5) is 2.24. The molecular weight excluding hydrogens is 283 g/mol. The Morgan fingerprint density at radius 2 is 1.75 bits per heavy atom. The molecular formula is C15H16F3NS. The van der Waals surface area contributed by atoms with Crippen molar-refractivity contribution in [1.29, 1.82) is 0 Å².